The third kappa shape index (κ3) is 2.84. The topological polar surface area (TPSA) is 56.2 Å². The van der Waals surface area contributed by atoms with Gasteiger partial charge in [0, 0.05) is 12.1 Å². The average Bonchev–Trinajstić information content (AvgIpc) is 3.02. The smallest absolute Gasteiger partial charge is 0.241 e. The van der Waals surface area contributed by atoms with Crippen molar-refractivity contribution in [3.05, 3.63) is 46.8 Å². The van der Waals surface area contributed by atoms with E-state index in [-0.39, 0.29) is 18.6 Å². The summed E-state index contributed by atoms with van der Waals surface area (Å²) < 4.78 is 7.57. The number of ether oxygens (including phenoxy) is 1. The fraction of sp³-hybridized carbons (Fsp3) is 0.412. The van der Waals surface area contributed by atoms with Gasteiger partial charge in [-0.2, -0.15) is 5.10 Å². The predicted octanol–water partition coefficient (Wildman–Crippen LogP) is 1.93. The molecule has 1 aromatic carbocycles. The van der Waals surface area contributed by atoms with Crippen LogP contribution in [0.4, 0.5) is 0 Å². The molecule has 0 spiro atoms. The van der Waals surface area contributed by atoms with Crippen LogP contribution >= 0.6 is 0 Å². The average molecular weight is 299 g/mol. The minimum absolute atomic E-state index is 0.0172. The van der Waals surface area contributed by atoms with E-state index in [1.165, 1.54) is 5.56 Å². The summed E-state index contributed by atoms with van der Waals surface area (Å²) in [7, 11) is 0. The lowest BCUT2D eigenvalue weighted by Crippen LogP contribution is -2.36. The van der Waals surface area contributed by atoms with E-state index in [1.54, 1.807) is 4.68 Å². The molecule has 22 heavy (non-hydrogen) atoms. The molecule has 1 atom stereocenters. The maximum absolute atomic E-state index is 12.1. The van der Waals surface area contributed by atoms with Crippen LogP contribution in [-0.4, -0.2) is 28.3 Å². The van der Waals surface area contributed by atoms with E-state index in [4.69, 9.17) is 4.74 Å². The fourth-order valence-electron chi connectivity index (χ4n) is 2.73. The Bertz CT molecular complexity index is 681. The molecule has 1 N–H and O–H groups in total. The van der Waals surface area contributed by atoms with Gasteiger partial charge in [-0.15, -0.1) is 0 Å². The van der Waals surface area contributed by atoms with Crippen molar-refractivity contribution in [1.82, 2.24) is 15.1 Å². The van der Waals surface area contributed by atoms with Gasteiger partial charge in [0.25, 0.3) is 0 Å². The van der Waals surface area contributed by atoms with E-state index in [2.05, 4.69) is 16.5 Å². The number of carbonyl (C=O) groups is 1. The van der Waals surface area contributed by atoms with Crippen LogP contribution < -0.4 is 10.1 Å². The first-order valence-corrected chi connectivity index (χ1v) is 7.56. The van der Waals surface area contributed by atoms with E-state index in [1.807, 2.05) is 39.0 Å². The SMILES string of the molecule is Cc1nn(CC(=O)NCC2Cc3ccccc3O2)c(C)c1C. The van der Waals surface area contributed by atoms with Gasteiger partial charge >= 0.3 is 0 Å². The number of carbonyl (C=O) groups excluding carboxylic acids is 1. The number of fused-ring (bicyclic) bond motifs is 1. The fourth-order valence-corrected chi connectivity index (χ4v) is 2.73. The lowest BCUT2D eigenvalue weighted by molar-refractivity contribution is -0.122. The zero-order valence-corrected chi connectivity index (χ0v) is 13.2. The summed E-state index contributed by atoms with van der Waals surface area (Å²) in [5.41, 5.74) is 4.36. The standard InChI is InChI=1S/C17H21N3O2/c1-11-12(2)19-20(13(11)3)10-17(21)18-9-15-8-14-6-4-5-7-16(14)22-15/h4-7,15H,8-10H2,1-3H3,(H,18,21). The third-order valence-corrected chi connectivity index (χ3v) is 4.28. The van der Waals surface area contributed by atoms with Gasteiger partial charge in [-0.1, -0.05) is 18.2 Å². The first-order chi connectivity index (χ1) is 10.5. The number of para-hydroxylation sites is 1. The minimum atomic E-state index is -0.0369. The van der Waals surface area contributed by atoms with Crippen molar-refractivity contribution in [3.63, 3.8) is 0 Å². The van der Waals surface area contributed by atoms with Gasteiger partial charge in [-0.3, -0.25) is 9.48 Å². The molecular formula is C17H21N3O2. The van der Waals surface area contributed by atoms with Gasteiger partial charge in [0.2, 0.25) is 5.91 Å². The van der Waals surface area contributed by atoms with Crippen LogP contribution in [0, 0.1) is 20.8 Å². The number of benzene rings is 1. The zero-order valence-electron chi connectivity index (χ0n) is 13.2. The summed E-state index contributed by atoms with van der Waals surface area (Å²) in [5.74, 6) is 0.890. The van der Waals surface area contributed by atoms with Crippen molar-refractivity contribution in [3.8, 4) is 5.75 Å². The number of aryl methyl sites for hydroxylation is 1. The summed E-state index contributed by atoms with van der Waals surface area (Å²) in [6.45, 7) is 6.74. The Labute approximate surface area is 130 Å². The second-order valence-electron chi connectivity index (χ2n) is 5.81. The number of nitrogens with zero attached hydrogens (tertiary/aromatic N) is 2. The highest BCUT2D eigenvalue weighted by Gasteiger charge is 2.22. The van der Waals surface area contributed by atoms with Gasteiger partial charge in [0.05, 0.1) is 12.2 Å². The van der Waals surface area contributed by atoms with Crippen molar-refractivity contribution in [2.75, 3.05) is 6.54 Å². The van der Waals surface area contributed by atoms with Crippen LogP contribution in [-0.2, 0) is 17.8 Å². The third-order valence-electron chi connectivity index (χ3n) is 4.28. The molecule has 5 nitrogen and oxygen atoms in total. The molecular weight excluding hydrogens is 278 g/mol. The molecule has 0 bridgehead atoms. The van der Waals surface area contributed by atoms with Crippen molar-refractivity contribution in [2.45, 2.75) is 39.8 Å². The molecule has 5 heteroatoms. The normalized spacial score (nSPS) is 16.2. The van der Waals surface area contributed by atoms with Crippen molar-refractivity contribution in [1.29, 1.82) is 0 Å². The minimum Gasteiger partial charge on any atom is -0.488 e. The second-order valence-corrected chi connectivity index (χ2v) is 5.81. The number of aromatic nitrogens is 2. The lowest BCUT2D eigenvalue weighted by Gasteiger charge is -2.12. The van der Waals surface area contributed by atoms with E-state index in [9.17, 15) is 4.79 Å². The van der Waals surface area contributed by atoms with Crippen LogP contribution in [0.5, 0.6) is 5.75 Å². The van der Waals surface area contributed by atoms with Gasteiger partial charge in [0.15, 0.2) is 0 Å². The molecule has 116 valence electrons. The van der Waals surface area contributed by atoms with Crippen LogP contribution in [0.1, 0.15) is 22.5 Å². The Morgan fingerprint density at radius 3 is 2.82 bits per heavy atom. The molecule has 0 saturated carbocycles. The largest absolute Gasteiger partial charge is 0.488 e. The van der Waals surface area contributed by atoms with E-state index in [0.717, 1.165) is 29.1 Å². The van der Waals surface area contributed by atoms with Crippen LogP contribution in [0.3, 0.4) is 0 Å². The van der Waals surface area contributed by atoms with Crippen LogP contribution in [0.15, 0.2) is 24.3 Å². The summed E-state index contributed by atoms with van der Waals surface area (Å²) in [6, 6.07) is 8.00. The number of rotatable bonds is 4. The molecule has 2 aromatic rings. The molecule has 3 rings (SSSR count). The summed E-state index contributed by atoms with van der Waals surface area (Å²) in [6.07, 6.45) is 0.860. The first kappa shape index (κ1) is 14.6. The monoisotopic (exact) mass is 299 g/mol. The molecule has 2 heterocycles. The summed E-state index contributed by atoms with van der Waals surface area (Å²) in [5, 5.41) is 7.33. The Hall–Kier alpha value is -2.30. The molecule has 0 saturated heterocycles. The molecule has 0 aliphatic carbocycles. The van der Waals surface area contributed by atoms with Gasteiger partial charge < -0.3 is 10.1 Å². The first-order valence-electron chi connectivity index (χ1n) is 7.56. The van der Waals surface area contributed by atoms with E-state index < -0.39 is 0 Å². The molecule has 0 fully saturated rings. The quantitative estimate of drug-likeness (QED) is 0.938. The second kappa shape index (κ2) is 5.83. The molecule has 0 radical (unpaired) electrons. The number of amides is 1. The number of hydrogen-bond acceptors (Lipinski definition) is 3. The molecule has 1 aromatic heterocycles. The number of nitrogens with one attached hydrogen (secondary N) is 1. The molecule has 1 unspecified atom stereocenters. The van der Waals surface area contributed by atoms with Gasteiger partial charge in [-0.05, 0) is 38.0 Å². The van der Waals surface area contributed by atoms with E-state index in [0.29, 0.717) is 6.54 Å². The Kier molecular flexibility index (Phi) is 3.88. The van der Waals surface area contributed by atoms with Crippen molar-refractivity contribution >= 4 is 5.91 Å². The predicted molar refractivity (Wildman–Crippen MR) is 84.0 cm³/mol. The summed E-state index contributed by atoms with van der Waals surface area (Å²) >= 11 is 0. The molecule has 1 aliphatic rings. The van der Waals surface area contributed by atoms with Gasteiger partial charge in [-0.25, -0.2) is 0 Å². The zero-order chi connectivity index (χ0) is 15.7. The van der Waals surface area contributed by atoms with E-state index >= 15 is 0 Å². The van der Waals surface area contributed by atoms with Crippen molar-refractivity contribution in [2.24, 2.45) is 0 Å². The van der Waals surface area contributed by atoms with Crippen LogP contribution in [0.2, 0.25) is 0 Å². The maximum Gasteiger partial charge on any atom is 0.241 e. The molecule has 1 aliphatic heterocycles. The Balaban J connectivity index is 1.52. The lowest BCUT2D eigenvalue weighted by atomic mass is 10.1. The Morgan fingerprint density at radius 1 is 1.36 bits per heavy atom. The number of hydrogen-bond donors (Lipinski definition) is 1. The highest BCUT2D eigenvalue weighted by atomic mass is 16.5. The highest BCUT2D eigenvalue weighted by molar-refractivity contribution is 5.75. The van der Waals surface area contributed by atoms with Gasteiger partial charge in [0.1, 0.15) is 18.4 Å². The Morgan fingerprint density at radius 2 is 2.14 bits per heavy atom. The maximum atomic E-state index is 12.1. The van der Waals surface area contributed by atoms with Crippen molar-refractivity contribution < 1.29 is 9.53 Å². The molecule has 1 amide bonds. The highest BCUT2D eigenvalue weighted by Crippen LogP contribution is 2.27. The van der Waals surface area contributed by atoms with Crippen LogP contribution in [0.25, 0.3) is 0 Å². The summed E-state index contributed by atoms with van der Waals surface area (Å²) in [4.78, 5) is 12.1.